The van der Waals surface area contributed by atoms with Crippen molar-refractivity contribution in [3.05, 3.63) is 41.7 Å². The van der Waals surface area contributed by atoms with E-state index in [4.69, 9.17) is 5.14 Å². The van der Waals surface area contributed by atoms with E-state index in [-0.39, 0.29) is 10.8 Å². The van der Waals surface area contributed by atoms with Gasteiger partial charge in [-0.15, -0.1) is 10.2 Å². The molecule has 1 atom stereocenters. The minimum atomic E-state index is -3.77. The second-order valence-corrected chi connectivity index (χ2v) is 8.84. The Hall–Kier alpha value is -2.50. The molecule has 3 aromatic rings. The molecule has 0 spiro atoms. The Morgan fingerprint density at radius 2 is 1.89 bits per heavy atom. The molecule has 1 aromatic carbocycles. The summed E-state index contributed by atoms with van der Waals surface area (Å²) in [5.74, 6) is 0.235. The number of anilines is 1. The molecule has 0 bridgehead atoms. The van der Waals surface area contributed by atoms with E-state index < -0.39 is 15.3 Å². The van der Waals surface area contributed by atoms with E-state index in [1.54, 1.807) is 11.3 Å². The summed E-state index contributed by atoms with van der Waals surface area (Å²) in [4.78, 5) is 16.8. The van der Waals surface area contributed by atoms with Gasteiger partial charge < -0.3 is 5.32 Å². The zero-order chi connectivity index (χ0) is 19.8. The molecule has 0 saturated carbocycles. The van der Waals surface area contributed by atoms with Gasteiger partial charge >= 0.3 is 0 Å². The van der Waals surface area contributed by atoms with Crippen molar-refractivity contribution in [1.29, 1.82) is 0 Å². The highest BCUT2D eigenvalue weighted by Gasteiger charge is 2.19. The highest BCUT2D eigenvalue weighted by Crippen LogP contribution is 2.24. The highest BCUT2D eigenvalue weighted by atomic mass is 32.2. The minimum Gasteiger partial charge on any atom is -0.325 e. The summed E-state index contributed by atoms with van der Waals surface area (Å²) >= 11 is 1.26. The molecule has 27 heavy (non-hydrogen) atoms. The van der Waals surface area contributed by atoms with Gasteiger partial charge in [-0.05, 0) is 51.1 Å². The number of carbonyl (C=O) groups is 1. The van der Waals surface area contributed by atoms with Crippen LogP contribution >= 0.6 is 11.8 Å². The Labute approximate surface area is 160 Å². The number of nitrogens with zero attached hydrogens (tertiary/aromatic N) is 4. The van der Waals surface area contributed by atoms with E-state index in [1.807, 2.05) is 19.9 Å². The Morgan fingerprint density at radius 1 is 1.22 bits per heavy atom. The fraction of sp³-hybridized carbons (Fsp3) is 0.250. The average Bonchev–Trinajstić information content (AvgIpc) is 2.97. The average molecular weight is 406 g/mol. The van der Waals surface area contributed by atoms with Crippen LogP contribution in [-0.4, -0.2) is 39.2 Å². The lowest BCUT2D eigenvalue weighted by Crippen LogP contribution is -2.23. The van der Waals surface area contributed by atoms with Gasteiger partial charge in [0.2, 0.25) is 15.9 Å². The molecule has 2 aromatic heterocycles. The molecule has 0 radical (unpaired) electrons. The zero-order valence-electron chi connectivity index (χ0n) is 14.9. The number of aromatic nitrogens is 4. The van der Waals surface area contributed by atoms with Gasteiger partial charge in [0.15, 0.2) is 5.16 Å². The Balaban J connectivity index is 1.73. The molecule has 0 aliphatic carbocycles. The molecule has 2 heterocycles. The predicted octanol–water partition coefficient (Wildman–Crippen LogP) is 1.51. The van der Waals surface area contributed by atoms with Gasteiger partial charge in [0, 0.05) is 17.1 Å². The van der Waals surface area contributed by atoms with Crippen LogP contribution in [-0.2, 0) is 14.8 Å². The number of nitrogens with one attached hydrogen (secondary N) is 1. The van der Waals surface area contributed by atoms with Crippen molar-refractivity contribution in [2.24, 2.45) is 5.14 Å². The summed E-state index contributed by atoms with van der Waals surface area (Å²) in [5.41, 5.74) is 2.24. The molecule has 1 unspecified atom stereocenters. The molecular weight excluding hydrogens is 388 g/mol. The van der Waals surface area contributed by atoms with E-state index in [2.05, 4.69) is 20.5 Å². The van der Waals surface area contributed by atoms with Gasteiger partial charge in [0.05, 0.1) is 10.1 Å². The third-order valence-corrected chi connectivity index (χ3v) is 5.74. The van der Waals surface area contributed by atoms with Gasteiger partial charge in [-0.2, -0.15) is 0 Å². The topological polar surface area (TPSA) is 132 Å². The lowest BCUT2D eigenvalue weighted by Gasteiger charge is -2.12. The number of hydrogen-bond donors (Lipinski definition) is 2. The number of aryl methyl sites for hydroxylation is 2. The summed E-state index contributed by atoms with van der Waals surface area (Å²) in [5, 5.41) is 16.1. The molecule has 3 rings (SSSR count). The summed E-state index contributed by atoms with van der Waals surface area (Å²) in [6, 6.07) is 7.56. The normalized spacial score (nSPS) is 12.9. The number of thioether (sulfide) groups is 1. The standard InChI is InChI=1S/C16H18N6O3S2/c1-9-8-10(2)22-15(18-9)20-21-16(22)26-11(3)14(23)19-12-4-6-13(7-5-12)27(17,24)25/h4-8,11H,1-3H3,(H,19,23)(H2,17,24,25). The number of nitrogens with two attached hydrogens (primary N) is 1. The number of sulfonamides is 1. The molecule has 11 heteroatoms. The maximum Gasteiger partial charge on any atom is 0.256 e. The van der Waals surface area contributed by atoms with Crippen molar-refractivity contribution in [3.8, 4) is 0 Å². The van der Waals surface area contributed by atoms with Gasteiger partial charge in [0.25, 0.3) is 5.78 Å². The molecule has 0 aliphatic rings. The second-order valence-electron chi connectivity index (χ2n) is 5.98. The van der Waals surface area contributed by atoms with Crippen LogP contribution in [0, 0.1) is 13.8 Å². The number of rotatable bonds is 5. The van der Waals surface area contributed by atoms with Crippen molar-refractivity contribution >= 4 is 39.2 Å². The van der Waals surface area contributed by atoms with Gasteiger partial charge in [-0.25, -0.2) is 18.5 Å². The van der Waals surface area contributed by atoms with Crippen LogP contribution in [0.25, 0.3) is 5.78 Å². The first kappa shape index (κ1) is 19.3. The monoisotopic (exact) mass is 406 g/mol. The minimum absolute atomic E-state index is 0.0175. The Bertz CT molecular complexity index is 1110. The molecule has 9 nitrogen and oxygen atoms in total. The molecule has 1 amide bonds. The van der Waals surface area contributed by atoms with Crippen LogP contribution in [0.3, 0.4) is 0 Å². The van der Waals surface area contributed by atoms with Gasteiger partial charge in [-0.3, -0.25) is 9.20 Å². The van der Waals surface area contributed by atoms with Crippen LogP contribution in [0.5, 0.6) is 0 Å². The number of fused-ring (bicyclic) bond motifs is 1. The van der Waals surface area contributed by atoms with E-state index >= 15 is 0 Å². The van der Waals surface area contributed by atoms with Crippen molar-refractivity contribution in [2.45, 2.75) is 36.1 Å². The number of amides is 1. The number of hydrogen-bond acceptors (Lipinski definition) is 7. The lowest BCUT2D eigenvalue weighted by atomic mass is 10.3. The Kier molecular flexibility index (Phi) is 5.18. The zero-order valence-corrected chi connectivity index (χ0v) is 16.5. The Morgan fingerprint density at radius 3 is 2.52 bits per heavy atom. The quantitative estimate of drug-likeness (QED) is 0.614. The largest absolute Gasteiger partial charge is 0.325 e. The first-order valence-electron chi connectivity index (χ1n) is 7.95. The molecule has 0 saturated heterocycles. The molecule has 3 N–H and O–H groups in total. The molecule has 142 valence electrons. The van der Waals surface area contributed by atoms with Crippen LogP contribution < -0.4 is 10.5 Å². The summed E-state index contributed by atoms with van der Waals surface area (Å²) in [7, 11) is -3.77. The third kappa shape index (κ3) is 4.26. The summed E-state index contributed by atoms with van der Waals surface area (Å²) in [6.45, 7) is 5.55. The SMILES string of the molecule is Cc1cc(C)n2c(SC(C)C(=O)Nc3ccc(S(N)(=O)=O)cc3)nnc2n1. The van der Waals surface area contributed by atoms with Crippen LogP contribution in [0.2, 0.25) is 0 Å². The van der Waals surface area contributed by atoms with Crippen LogP contribution in [0.15, 0.2) is 40.4 Å². The summed E-state index contributed by atoms with van der Waals surface area (Å²) < 4.78 is 24.3. The maximum atomic E-state index is 12.4. The smallest absolute Gasteiger partial charge is 0.256 e. The van der Waals surface area contributed by atoms with E-state index in [0.717, 1.165) is 11.4 Å². The van der Waals surface area contributed by atoms with Crippen molar-refractivity contribution in [2.75, 3.05) is 5.32 Å². The van der Waals surface area contributed by atoms with E-state index in [9.17, 15) is 13.2 Å². The van der Waals surface area contributed by atoms with Gasteiger partial charge in [-0.1, -0.05) is 11.8 Å². The predicted molar refractivity (Wildman–Crippen MR) is 102 cm³/mol. The first-order chi connectivity index (χ1) is 12.6. The fourth-order valence-electron chi connectivity index (χ4n) is 2.46. The highest BCUT2D eigenvalue weighted by molar-refractivity contribution is 8.00. The molecule has 0 fully saturated rings. The van der Waals surface area contributed by atoms with Crippen LogP contribution in [0.4, 0.5) is 5.69 Å². The summed E-state index contributed by atoms with van der Waals surface area (Å²) in [6.07, 6.45) is 0. The van der Waals surface area contributed by atoms with Crippen LogP contribution in [0.1, 0.15) is 18.3 Å². The first-order valence-corrected chi connectivity index (χ1v) is 10.4. The van der Waals surface area contributed by atoms with E-state index in [1.165, 1.54) is 36.0 Å². The van der Waals surface area contributed by atoms with Crippen molar-refractivity contribution in [1.82, 2.24) is 19.6 Å². The van der Waals surface area contributed by atoms with Crippen molar-refractivity contribution in [3.63, 3.8) is 0 Å². The van der Waals surface area contributed by atoms with Crippen molar-refractivity contribution < 1.29 is 13.2 Å². The number of primary sulfonamides is 1. The maximum absolute atomic E-state index is 12.4. The fourth-order valence-corrected chi connectivity index (χ4v) is 3.88. The van der Waals surface area contributed by atoms with E-state index in [0.29, 0.717) is 16.6 Å². The molecule has 0 aliphatic heterocycles. The number of carbonyl (C=O) groups excluding carboxylic acids is 1. The second kappa shape index (κ2) is 7.25. The molecular formula is C16H18N6O3S2. The lowest BCUT2D eigenvalue weighted by molar-refractivity contribution is -0.115. The van der Waals surface area contributed by atoms with Gasteiger partial charge in [0.1, 0.15) is 0 Å². The number of benzene rings is 1. The third-order valence-electron chi connectivity index (χ3n) is 3.76.